The summed E-state index contributed by atoms with van der Waals surface area (Å²) in [5, 5.41) is 11.8. The average molecular weight is 325 g/mol. The van der Waals surface area contributed by atoms with E-state index in [1.807, 2.05) is 36.4 Å². The molecule has 2 N–H and O–H groups in total. The Hall–Kier alpha value is -2.62. The van der Waals surface area contributed by atoms with Crippen LogP contribution >= 0.6 is 0 Å². The van der Waals surface area contributed by atoms with Crippen LogP contribution in [0.2, 0.25) is 0 Å². The number of rotatable bonds is 7. The van der Waals surface area contributed by atoms with Crippen molar-refractivity contribution in [3.05, 3.63) is 71.3 Å². The van der Waals surface area contributed by atoms with E-state index in [1.54, 1.807) is 19.9 Å². The number of carboxylic acids is 1. The number of aryl methyl sites for hydroxylation is 2. The lowest BCUT2D eigenvalue weighted by Crippen LogP contribution is -2.40. The molecule has 0 saturated carbocycles. The first-order valence-electron chi connectivity index (χ1n) is 8.14. The number of benzene rings is 2. The second-order valence-electron chi connectivity index (χ2n) is 6.03. The zero-order chi connectivity index (χ0) is 17.5. The van der Waals surface area contributed by atoms with Crippen LogP contribution in [0.4, 0.5) is 0 Å². The highest BCUT2D eigenvalue weighted by Crippen LogP contribution is 2.14. The maximum atomic E-state index is 12.5. The molecule has 0 saturated heterocycles. The predicted molar refractivity (Wildman–Crippen MR) is 94.0 cm³/mol. The number of hydrogen-bond donors (Lipinski definition) is 2. The first-order valence-corrected chi connectivity index (χ1v) is 8.14. The lowest BCUT2D eigenvalue weighted by Gasteiger charge is -2.19. The normalized spacial score (nSPS) is 13.1. The molecule has 24 heavy (non-hydrogen) atoms. The summed E-state index contributed by atoms with van der Waals surface area (Å²) >= 11 is 0. The number of carbonyl (C=O) groups is 2. The van der Waals surface area contributed by atoms with Crippen LogP contribution in [0.1, 0.15) is 35.3 Å². The minimum absolute atomic E-state index is 0.223. The molecule has 2 atom stereocenters. The quantitative estimate of drug-likeness (QED) is 0.821. The van der Waals surface area contributed by atoms with E-state index in [1.165, 1.54) is 5.56 Å². The summed E-state index contributed by atoms with van der Waals surface area (Å²) in [6.45, 7) is 3.30. The third-order valence-electron chi connectivity index (χ3n) is 4.29. The Morgan fingerprint density at radius 2 is 1.58 bits per heavy atom. The fourth-order valence-electron chi connectivity index (χ4n) is 2.51. The van der Waals surface area contributed by atoms with Gasteiger partial charge in [-0.3, -0.25) is 9.59 Å². The molecular formula is C20H23NO3. The monoisotopic (exact) mass is 325 g/mol. The van der Waals surface area contributed by atoms with E-state index >= 15 is 0 Å². The molecular weight excluding hydrogens is 302 g/mol. The van der Waals surface area contributed by atoms with Crippen molar-refractivity contribution in [1.82, 2.24) is 5.32 Å². The minimum Gasteiger partial charge on any atom is -0.481 e. The summed E-state index contributed by atoms with van der Waals surface area (Å²) in [6.07, 6.45) is 1.61. The second kappa shape index (κ2) is 8.29. The number of amides is 1. The van der Waals surface area contributed by atoms with Gasteiger partial charge in [-0.15, -0.1) is 0 Å². The molecule has 0 spiro atoms. The minimum atomic E-state index is -0.917. The Labute approximate surface area is 142 Å². The first kappa shape index (κ1) is 17.7. The maximum Gasteiger partial charge on any atom is 0.308 e. The third kappa shape index (κ3) is 4.69. The molecule has 0 fully saturated rings. The summed E-state index contributed by atoms with van der Waals surface area (Å²) in [5.41, 5.74) is 2.80. The summed E-state index contributed by atoms with van der Waals surface area (Å²) in [6, 6.07) is 17.2. The van der Waals surface area contributed by atoms with E-state index in [4.69, 9.17) is 5.11 Å². The Morgan fingerprint density at radius 1 is 0.958 bits per heavy atom. The van der Waals surface area contributed by atoms with Crippen LogP contribution in [0.5, 0.6) is 0 Å². The molecule has 0 aliphatic carbocycles. The number of carboxylic acid groups (broad SMARTS) is 1. The highest BCUT2D eigenvalue weighted by Gasteiger charge is 2.22. The van der Waals surface area contributed by atoms with Crippen LogP contribution in [-0.4, -0.2) is 23.0 Å². The molecule has 2 aromatic rings. The van der Waals surface area contributed by atoms with E-state index in [-0.39, 0.29) is 5.91 Å². The summed E-state index contributed by atoms with van der Waals surface area (Å²) in [5.74, 6) is -1.77. The van der Waals surface area contributed by atoms with Crippen LogP contribution in [0, 0.1) is 5.92 Å². The molecule has 1 amide bonds. The smallest absolute Gasteiger partial charge is 0.308 e. The van der Waals surface area contributed by atoms with Crippen LogP contribution < -0.4 is 5.32 Å². The van der Waals surface area contributed by atoms with Gasteiger partial charge < -0.3 is 10.4 Å². The van der Waals surface area contributed by atoms with Gasteiger partial charge in [0.15, 0.2) is 0 Å². The molecule has 4 nitrogen and oxygen atoms in total. The molecule has 0 aliphatic rings. The van der Waals surface area contributed by atoms with Crippen molar-refractivity contribution in [3.63, 3.8) is 0 Å². The lowest BCUT2D eigenvalue weighted by atomic mass is 9.98. The molecule has 0 bridgehead atoms. The van der Waals surface area contributed by atoms with Gasteiger partial charge in [-0.2, -0.15) is 0 Å². The Balaban J connectivity index is 2.07. The van der Waals surface area contributed by atoms with Gasteiger partial charge in [0.05, 0.1) is 5.92 Å². The zero-order valence-corrected chi connectivity index (χ0v) is 14.0. The molecule has 2 aromatic carbocycles. The highest BCUT2D eigenvalue weighted by molar-refractivity contribution is 5.96. The van der Waals surface area contributed by atoms with Crippen LogP contribution in [0.15, 0.2) is 54.6 Å². The van der Waals surface area contributed by atoms with E-state index in [9.17, 15) is 9.59 Å². The predicted octanol–water partition coefficient (Wildman–Crippen LogP) is 3.31. The summed E-state index contributed by atoms with van der Waals surface area (Å²) in [7, 11) is 0. The van der Waals surface area contributed by atoms with Gasteiger partial charge in [0.2, 0.25) is 0 Å². The summed E-state index contributed by atoms with van der Waals surface area (Å²) < 4.78 is 0. The van der Waals surface area contributed by atoms with Gasteiger partial charge >= 0.3 is 5.97 Å². The topological polar surface area (TPSA) is 66.4 Å². The van der Waals surface area contributed by atoms with Gasteiger partial charge in [-0.25, -0.2) is 0 Å². The molecule has 0 radical (unpaired) electrons. The maximum absolute atomic E-state index is 12.5. The van der Waals surface area contributed by atoms with Crippen molar-refractivity contribution in [2.75, 3.05) is 0 Å². The zero-order valence-electron chi connectivity index (χ0n) is 14.0. The SMILES string of the molecule is CC(NC(=O)c1ccccc1CCc1ccccc1)C(C)C(=O)O. The van der Waals surface area contributed by atoms with E-state index in [0.717, 1.165) is 18.4 Å². The summed E-state index contributed by atoms with van der Waals surface area (Å²) in [4.78, 5) is 23.5. The molecule has 2 unspecified atom stereocenters. The largest absolute Gasteiger partial charge is 0.481 e. The van der Waals surface area contributed by atoms with Crippen molar-refractivity contribution >= 4 is 11.9 Å². The second-order valence-corrected chi connectivity index (χ2v) is 6.03. The van der Waals surface area contributed by atoms with Gasteiger partial charge in [-0.05, 0) is 43.9 Å². The van der Waals surface area contributed by atoms with Crippen LogP contribution in [-0.2, 0) is 17.6 Å². The third-order valence-corrected chi connectivity index (χ3v) is 4.29. The van der Waals surface area contributed by atoms with Crippen molar-refractivity contribution in [3.8, 4) is 0 Å². The van der Waals surface area contributed by atoms with E-state index in [2.05, 4.69) is 17.4 Å². The first-order chi connectivity index (χ1) is 11.5. The lowest BCUT2D eigenvalue weighted by molar-refractivity contribution is -0.141. The molecule has 126 valence electrons. The highest BCUT2D eigenvalue weighted by atomic mass is 16.4. The molecule has 4 heteroatoms. The van der Waals surface area contributed by atoms with Crippen molar-refractivity contribution in [2.24, 2.45) is 5.92 Å². The molecule has 0 aliphatic heterocycles. The van der Waals surface area contributed by atoms with Gasteiger partial charge in [0.25, 0.3) is 5.91 Å². The fraction of sp³-hybridized carbons (Fsp3) is 0.300. The molecule has 0 heterocycles. The van der Waals surface area contributed by atoms with Crippen LogP contribution in [0.25, 0.3) is 0 Å². The van der Waals surface area contributed by atoms with Crippen LogP contribution in [0.3, 0.4) is 0 Å². The Morgan fingerprint density at radius 3 is 2.25 bits per heavy atom. The van der Waals surface area contributed by atoms with E-state index < -0.39 is 17.9 Å². The fourth-order valence-corrected chi connectivity index (χ4v) is 2.51. The number of nitrogens with one attached hydrogen (secondary N) is 1. The van der Waals surface area contributed by atoms with Crippen molar-refractivity contribution in [1.29, 1.82) is 0 Å². The van der Waals surface area contributed by atoms with E-state index in [0.29, 0.717) is 5.56 Å². The average Bonchev–Trinajstić information content (AvgIpc) is 2.60. The number of hydrogen-bond acceptors (Lipinski definition) is 2. The van der Waals surface area contributed by atoms with Gasteiger partial charge in [0.1, 0.15) is 0 Å². The molecule has 2 rings (SSSR count). The van der Waals surface area contributed by atoms with Gasteiger partial charge in [0, 0.05) is 11.6 Å². The number of carbonyl (C=O) groups excluding carboxylic acids is 1. The van der Waals surface area contributed by atoms with Crippen molar-refractivity contribution < 1.29 is 14.7 Å². The number of aliphatic carboxylic acids is 1. The Kier molecular flexibility index (Phi) is 6.13. The van der Waals surface area contributed by atoms with Crippen molar-refractivity contribution in [2.45, 2.75) is 32.7 Å². The van der Waals surface area contributed by atoms with Gasteiger partial charge in [-0.1, -0.05) is 48.5 Å². The Bertz CT molecular complexity index is 697. The standard InChI is InChI=1S/C20H23NO3/c1-14(20(23)24)15(2)21-19(22)18-11-7-6-10-17(18)13-12-16-8-4-3-5-9-16/h3-11,14-15H,12-13H2,1-2H3,(H,21,22)(H,23,24). The molecule has 0 aromatic heterocycles.